The van der Waals surface area contributed by atoms with Crippen molar-refractivity contribution in [1.82, 2.24) is 5.32 Å². The zero-order valence-corrected chi connectivity index (χ0v) is 6.98. The minimum Gasteiger partial charge on any atom is -0.356 e. The van der Waals surface area contributed by atoms with E-state index < -0.39 is 11.6 Å². The van der Waals surface area contributed by atoms with E-state index in [0.29, 0.717) is 13.0 Å². The van der Waals surface area contributed by atoms with Gasteiger partial charge in [-0.15, -0.1) is 0 Å². The van der Waals surface area contributed by atoms with E-state index in [1.54, 1.807) is 6.92 Å². The lowest BCUT2D eigenvalue weighted by Crippen LogP contribution is -2.32. The van der Waals surface area contributed by atoms with E-state index in [2.05, 4.69) is 5.32 Å². The number of hydrogen-bond donors (Lipinski definition) is 1. The van der Waals surface area contributed by atoms with Crippen molar-refractivity contribution in [2.75, 3.05) is 6.54 Å². The summed E-state index contributed by atoms with van der Waals surface area (Å²) in [4.78, 5) is 11.1. The van der Waals surface area contributed by atoms with Crippen molar-refractivity contribution in [3.63, 3.8) is 0 Å². The molecule has 2 unspecified atom stereocenters. The van der Waals surface area contributed by atoms with Crippen LogP contribution < -0.4 is 5.32 Å². The Kier molecular flexibility index (Phi) is 2.16. The number of carbonyl (C=O) groups is 1. The third-order valence-corrected chi connectivity index (χ3v) is 2.19. The lowest BCUT2D eigenvalue weighted by atomic mass is 10.1. The van der Waals surface area contributed by atoms with Crippen molar-refractivity contribution in [3.8, 4) is 0 Å². The molecule has 1 fully saturated rings. The lowest BCUT2D eigenvalue weighted by Gasteiger charge is -2.07. The van der Waals surface area contributed by atoms with Gasteiger partial charge in [-0.3, -0.25) is 4.79 Å². The molecule has 1 aliphatic carbocycles. The van der Waals surface area contributed by atoms with Gasteiger partial charge in [0.05, 0.1) is 5.41 Å². The van der Waals surface area contributed by atoms with Crippen LogP contribution in [0.15, 0.2) is 0 Å². The molecule has 1 aliphatic rings. The molecule has 0 spiro atoms. The van der Waals surface area contributed by atoms with Gasteiger partial charge in [0.1, 0.15) is 6.17 Å². The van der Waals surface area contributed by atoms with Crippen molar-refractivity contribution in [2.24, 2.45) is 5.41 Å². The molecule has 0 radical (unpaired) electrons. The van der Waals surface area contributed by atoms with Crippen LogP contribution in [0.3, 0.4) is 0 Å². The van der Waals surface area contributed by atoms with Gasteiger partial charge in [-0.2, -0.15) is 0 Å². The number of halogens is 1. The predicted molar refractivity (Wildman–Crippen MR) is 40.9 cm³/mol. The van der Waals surface area contributed by atoms with E-state index in [9.17, 15) is 9.18 Å². The van der Waals surface area contributed by atoms with Crippen LogP contribution >= 0.6 is 0 Å². The quantitative estimate of drug-likeness (QED) is 0.660. The average molecular weight is 159 g/mol. The molecule has 1 N–H and O–H groups in total. The SMILES string of the molecule is CCCNC(=O)C1(C)CC1F. The average Bonchev–Trinajstić information content (AvgIpc) is 2.56. The second-order valence-electron chi connectivity index (χ2n) is 3.35. The molecule has 1 rings (SSSR count). The van der Waals surface area contributed by atoms with E-state index in [-0.39, 0.29) is 5.91 Å². The Morgan fingerprint density at radius 1 is 1.82 bits per heavy atom. The first kappa shape index (κ1) is 8.50. The number of carbonyl (C=O) groups excluding carboxylic acids is 1. The summed E-state index contributed by atoms with van der Waals surface area (Å²) >= 11 is 0. The van der Waals surface area contributed by atoms with Crippen LogP contribution in [0.2, 0.25) is 0 Å². The van der Waals surface area contributed by atoms with E-state index in [4.69, 9.17) is 0 Å². The highest BCUT2D eigenvalue weighted by Gasteiger charge is 2.56. The van der Waals surface area contributed by atoms with Gasteiger partial charge in [0.2, 0.25) is 5.91 Å². The smallest absolute Gasteiger partial charge is 0.228 e. The van der Waals surface area contributed by atoms with Crippen LogP contribution in [0.5, 0.6) is 0 Å². The molecule has 64 valence electrons. The summed E-state index contributed by atoms with van der Waals surface area (Å²) in [6.45, 7) is 4.30. The van der Waals surface area contributed by atoms with Crippen LogP contribution in [0, 0.1) is 5.41 Å². The molecule has 0 heterocycles. The molecule has 1 saturated carbocycles. The zero-order valence-electron chi connectivity index (χ0n) is 6.98. The monoisotopic (exact) mass is 159 g/mol. The third kappa shape index (κ3) is 1.52. The Morgan fingerprint density at radius 3 is 2.73 bits per heavy atom. The summed E-state index contributed by atoms with van der Waals surface area (Å²) in [6.07, 6.45) is 0.376. The van der Waals surface area contributed by atoms with Gasteiger partial charge in [-0.25, -0.2) is 4.39 Å². The molecule has 0 aliphatic heterocycles. The van der Waals surface area contributed by atoms with E-state index in [0.717, 1.165) is 6.42 Å². The normalized spacial score (nSPS) is 35.0. The first-order chi connectivity index (χ1) is 5.11. The van der Waals surface area contributed by atoms with Crippen molar-refractivity contribution >= 4 is 5.91 Å². The molecule has 0 aromatic carbocycles. The number of rotatable bonds is 3. The fourth-order valence-electron chi connectivity index (χ4n) is 0.989. The summed E-state index contributed by atoms with van der Waals surface area (Å²) in [6, 6.07) is 0. The zero-order chi connectivity index (χ0) is 8.48. The molecular formula is C8H14FNO. The first-order valence-electron chi connectivity index (χ1n) is 4.03. The van der Waals surface area contributed by atoms with E-state index in [1.165, 1.54) is 0 Å². The van der Waals surface area contributed by atoms with Gasteiger partial charge in [0.25, 0.3) is 0 Å². The lowest BCUT2D eigenvalue weighted by molar-refractivity contribution is -0.126. The molecule has 0 bridgehead atoms. The van der Waals surface area contributed by atoms with Crippen molar-refractivity contribution in [2.45, 2.75) is 32.9 Å². The Labute approximate surface area is 66.2 Å². The molecule has 0 aromatic heterocycles. The number of hydrogen-bond acceptors (Lipinski definition) is 1. The highest BCUT2D eigenvalue weighted by molar-refractivity contribution is 5.86. The number of nitrogens with one attached hydrogen (secondary N) is 1. The summed E-state index contributed by atoms with van der Waals surface area (Å²) < 4.78 is 12.6. The Bertz CT molecular complexity index is 171. The molecule has 0 aromatic rings. The highest BCUT2D eigenvalue weighted by Crippen LogP contribution is 2.48. The van der Waals surface area contributed by atoms with E-state index >= 15 is 0 Å². The summed E-state index contributed by atoms with van der Waals surface area (Å²) in [7, 11) is 0. The summed E-state index contributed by atoms with van der Waals surface area (Å²) in [5, 5.41) is 2.69. The van der Waals surface area contributed by atoms with Gasteiger partial charge < -0.3 is 5.32 Å². The minimum atomic E-state index is -0.917. The Morgan fingerprint density at radius 2 is 2.36 bits per heavy atom. The maximum Gasteiger partial charge on any atom is 0.228 e. The maximum atomic E-state index is 12.6. The van der Waals surface area contributed by atoms with Gasteiger partial charge in [0, 0.05) is 6.54 Å². The number of alkyl halides is 1. The standard InChI is InChI=1S/C8H14FNO/c1-3-4-10-7(11)8(2)5-6(8)9/h6H,3-5H2,1-2H3,(H,10,11). The molecular weight excluding hydrogens is 145 g/mol. The largest absolute Gasteiger partial charge is 0.356 e. The minimum absolute atomic E-state index is 0.133. The molecule has 3 heteroatoms. The molecule has 2 atom stereocenters. The third-order valence-electron chi connectivity index (χ3n) is 2.19. The number of amides is 1. The molecule has 1 amide bonds. The predicted octanol–water partition coefficient (Wildman–Crippen LogP) is 1.26. The van der Waals surface area contributed by atoms with Gasteiger partial charge in [0.15, 0.2) is 0 Å². The van der Waals surface area contributed by atoms with Crippen LogP contribution in [-0.2, 0) is 4.79 Å². The maximum absolute atomic E-state index is 12.6. The fraction of sp³-hybridized carbons (Fsp3) is 0.875. The second-order valence-corrected chi connectivity index (χ2v) is 3.35. The Balaban J connectivity index is 2.31. The fourth-order valence-corrected chi connectivity index (χ4v) is 0.989. The molecule has 11 heavy (non-hydrogen) atoms. The van der Waals surface area contributed by atoms with Crippen LogP contribution in [0.4, 0.5) is 4.39 Å². The Hall–Kier alpha value is -0.600. The molecule has 2 nitrogen and oxygen atoms in total. The molecule has 0 saturated heterocycles. The van der Waals surface area contributed by atoms with Crippen molar-refractivity contribution in [3.05, 3.63) is 0 Å². The second kappa shape index (κ2) is 2.80. The van der Waals surface area contributed by atoms with Crippen LogP contribution in [0.1, 0.15) is 26.7 Å². The van der Waals surface area contributed by atoms with Gasteiger partial charge in [-0.05, 0) is 19.8 Å². The van der Waals surface area contributed by atoms with Gasteiger partial charge >= 0.3 is 0 Å². The van der Waals surface area contributed by atoms with Crippen molar-refractivity contribution < 1.29 is 9.18 Å². The van der Waals surface area contributed by atoms with Crippen LogP contribution in [0.25, 0.3) is 0 Å². The highest BCUT2D eigenvalue weighted by atomic mass is 19.1. The first-order valence-corrected chi connectivity index (χ1v) is 4.03. The summed E-state index contributed by atoms with van der Waals surface area (Å²) in [5.74, 6) is -0.133. The van der Waals surface area contributed by atoms with Crippen LogP contribution in [-0.4, -0.2) is 18.6 Å². The topological polar surface area (TPSA) is 29.1 Å². The van der Waals surface area contributed by atoms with Gasteiger partial charge in [-0.1, -0.05) is 6.92 Å². The van der Waals surface area contributed by atoms with Crippen molar-refractivity contribution in [1.29, 1.82) is 0 Å². The summed E-state index contributed by atoms with van der Waals surface area (Å²) in [5.41, 5.74) is -0.699. The van der Waals surface area contributed by atoms with E-state index in [1.807, 2.05) is 6.92 Å².